The Hall–Kier alpha value is -1.15. The predicted molar refractivity (Wildman–Crippen MR) is 54.3 cm³/mol. The van der Waals surface area contributed by atoms with Gasteiger partial charge in [-0.05, 0) is 24.3 Å². The molecule has 3 N–H and O–H groups in total. The van der Waals surface area contributed by atoms with Crippen molar-refractivity contribution in [2.75, 3.05) is 17.6 Å². The van der Waals surface area contributed by atoms with Crippen LogP contribution < -0.4 is 11.1 Å². The van der Waals surface area contributed by atoms with Gasteiger partial charge in [-0.25, -0.2) is 0 Å². The molecule has 2 nitrogen and oxygen atoms in total. The minimum atomic E-state index is 0.575. The first-order valence-corrected chi connectivity index (χ1v) is 3.99. The number of rotatable bonds is 3. The molecule has 0 radical (unpaired) electrons. The highest BCUT2D eigenvalue weighted by Gasteiger charge is 1.91. The number of nitrogen functional groups attached to an aromatic ring is 1. The molecule has 12 heavy (non-hydrogen) atoms. The Bertz CT molecular complexity index is 266. The van der Waals surface area contributed by atoms with Crippen molar-refractivity contribution in [1.82, 2.24) is 0 Å². The standard InChI is InChI=1S/C9H11ClN2/c1-7(10)6-12-9-4-2-8(11)3-5-9/h2-5,12H,1,6,11H2. The van der Waals surface area contributed by atoms with Gasteiger partial charge in [-0.2, -0.15) is 0 Å². The predicted octanol–water partition coefficient (Wildman–Crippen LogP) is 2.43. The van der Waals surface area contributed by atoms with E-state index in [1.165, 1.54) is 0 Å². The van der Waals surface area contributed by atoms with Crippen molar-refractivity contribution in [3.05, 3.63) is 35.9 Å². The third kappa shape index (κ3) is 2.84. The molecule has 0 spiro atoms. The number of nitrogens with two attached hydrogens (primary N) is 1. The molecule has 1 aromatic rings. The molecule has 0 aliphatic rings. The molecule has 0 bridgehead atoms. The molecule has 0 atom stereocenters. The van der Waals surface area contributed by atoms with Crippen LogP contribution in [0.15, 0.2) is 35.9 Å². The summed E-state index contributed by atoms with van der Waals surface area (Å²) in [5.41, 5.74) is 7.26. The van der Waals surface area contributed by atoms with E-state index in [9.17, 15) is 0 Å². The fraction of sp³-hybridized carbons (Fsp3) is 0.111. The zero-order chi connectivity index (χ0) is 8.97. The van der Waals surface area contributed by atoms with Crippen molar-refractivity contribution in [2.45, 2.75) is 0 Å². The minimum Gasteiger partial charge on any atom is -0.399 e. The molecule has 64 valence electrons. The Morgan fingerprint density at radius 1 is 1.42 bits per heavy atom. The van der Waals surface area contributed by atoms with E-state index < -0.39 is 0 Å². The summed E-state index contributed by atoms with van der Waals surface area (Å²) in [5, 5.41) is 3.67. The summed E-state index contributed by atoms with van der Waals surface area (Å²) in [6.45, 7) is 4.14. The normalized spacial score (nSPS) is 9.42. The fourth-order valence-electron chi connectivity index (χ4n) is 0.799. The SMILES string of the molecule is C=C(Cl)CNc1ccc(N)cc1. The fourth-order valence-corrected chi connectivity index (χ4v) is 0.866. The van der Waals surface area contributed by atoms with E-state index in [4.69, 9.17) is 17.3 Å². The molecule has 0 fully saturated rings. The Balaban J connectivity index is 2.53. The Labute approximate surface area is 77.0 Å². The van der Waals surface area contributed by atoms with Gasteiger partial charge in [0.15, 0.2) is 0 Å². The van der Waals surface area contributed by atoms with Crippen LogP contribution >= 0.6 is 11.6 Å². The Morgan fingerprint density at radius 2 is 2.00 bits per heavy atom. The summed E-state index contributed by atoms with van der Waals surface area (Å²) >= 11 is 5.58. The summed E-state index contributed by atoms with van der Waals surface area (Å²) in [7, 11) is 0. The number of halogens is 1. The number of nitrogens with one attached hydrogen (secondary N) is 1. The van der Waals surface area contributed by atoms with Gasteiger partial charge in [-0.1, -0.05) is 18.2 Å². The lowest BCUT2D eigenvalue weighted by Gasteiger charge is -2.04. The van der Waals surface area contributed by atoms with E-state index in [1.54, 1.807) is 0 Å². The van der Waals surface area contributed by atoms with Crippen LogP contribution in [0.2, 0.25) is 0 Å². The van der Waals surface area contributed by atoms with Gasteiger partial charge in [0.1, 0.15) is 0 Å². The van der Waals surface area contributed by atoms with Gasteiger partial charge < -0.3 is 11.1 Å². The van der Waals surface area contributed by atoms with Crippen LogP contribution in [-0.4, -0.2) is 6.54 Å². The lowest BCUT2D eigenvalue weighted by Crippen LogP contribution is -2.00. The maximum absolute atomic E-state index is 5.58. The molecule has 0 heterocycles. The zero-order valence-electron chi connectivity index (χ0n) is 6.68. The maximum Gasteiger partial charge on any atom is 0.0501 e. The van der Waals surface area contributed by atoms with Crippen LogP contribution in [0.5, 0.6) is 0 Å². The van der Waals surface area contributed by atoms with Crippen LogP contribution in [-0.2, 0) is 0 Å². The van der Waals surface area contributed by atoms with Crippen molar-refractivity contribution in [1.29, 1.82) is 0 Å². The van der Waals surface area contributed by atoms with E-state index in [0.29, 0.717) is 11.6 Å². The highest BCUT2D eigenvalue weighted by atomic mass is 35.5. The first kappa shape index (κ1) is 8.94. The molecule has 0 aliphatic carbocycles. The van der Waals surface area contributed by atoms with Crippen molar-refractivity contribution in [3.63, 3.8) is 0 Å². The van der Waals surface area contributed by atoms with Gasteiger partial charge in [0.25, 0.3) is 0 Å². The smallest absolute Gasteiger partial charge is 0.0501 e. The monoisotopic (exact) mass is 182 g/mol. The number of hydrogen-bond acceptors (Lipinski definition) is 2. The van der Waals surface area contributed by atoms with Crippen molar-refractivity contribution >= 4 is 23.0 Å². The second-order valence-corrected chi connectivity index (χ2v) is 3.03. The molecule has 0 unspecified atom stereocenters. The van der Waals surface area contributed by atoms with Crippen LogP contribution in [0.25, 0.3) is 0 Å². The van der Waals surface area contributed by atoms with Gasteiger partial charge in [-0.3, -0.25) is 0 Å². The van der Waals surface area contributed by atoms with Gasteiger partial charge in [0.05, 0.1) is 6.54 Å². The van der Waals surface area contributed by atoms with E-state index in [-0.39, 0.29) is 0 Å². The first-order valence-electron chi connectivity index (χ1n) is 3.61. The summed E-state index contributed by atoms with van der Waals surface area (Å²) in [6, 6.07) is 7.46. The number of anilines is 2. The molecule has 3 heteroatoms. The van der Waals surface area contributed by atoms with Crippen molar-refractivity contribution in [2.24, 2.45) is 0 Å². The van der Waals surface area contributed by atoms with Crippen molar-refractivity contribution in [3.8, 4) is 0 Å². The molecule has 0 aromatic heterocycles. The van der Waals surface area contributed by atoms with E-state index in [2.05, 4.69) is 11.9 Å². The van der Waals surface area contributed by atoms with E-state index in [1.807, 2.05) is 24.3 Å². The topological polar surface area (TPSA) is 38.0 Å². The second kappa shape index (κ2) is 4.02. The van der Waals surface area contributed by atoms with Crippen molar-refractivity contribution < 1.29 is 0 Å². The highest BCUT2D eigenvalue weighted by Crippen LogP contribution is 2.11. The van der Waals surface area contributed by atoms with Crippen LogP contribution in [0.4, 0.5) is 11.4 Å². The van der Waals surface area contributed by atoms with Crippen LogP contribution in [0.3, 0.4) is 0 Å². The summed E-state index contributed by atoms with van der Waals surface area (Å²) in [4.78, 5) is 0. The average molecular weight is 183 g/mol. The molecule has 0 saturated heterocycles. The first-order chi connectivity index (χ1) is 5.68. The minimum absolute atomic E-state index is 0.575. The molecule has 1 aromatic carbocycles. The van der Waals surface area contributed by atoms with Crippen LogP contribution in [0.1, 0.15) is 0 Å². The molecule has 0 saturated carbocycles. The van der Waals surface area contributed by atoms with E-state index >= 15 is 0 Å². The largest absolute Gasteiger partial charge is 0.399 e. The third-order valence-corrected chi connectivity index (χ3v) is 1.53. The maximum atomic E-state index is 5.58. The van der Waals surface area contributed by atoms with Gasteiger partial charge in [0, 0.05) is 16.4 Å². The second-order valence-electron chi connectivity index (χ2n) is 2.49. The van der Waals surface area contributed by atoms with Gasteiger partial charge >= 0.3 is 0 Å². The molecule has 1 rings (SSSR count). The average Bonchev–Trinajstić information content (AvgIpc) is 2.03. The van der Waals surface area contributed by atoms with Crippen LogP contribution in [0, 0.1) is 0 Å². The van der Waals surface area contributed by atoms with E-state index in [0.717, 1.165) is 11.4 Å². The number of benzene rings is 1. The molecular weight excluding hydrogens is 172 g/mol. The summed E-state index contributed by atoms with van der Waals surface area (Å²) < 4.78 is 0. The molecule has 0 aliphatic heterocycles. The Kier molecular flexibility index (Phi) is 3.00. The van der Waals surface area contributed by atoms with Gasteiger partial charge in [0.2, 0.25) is 0 Å². The summed E-state index contributed by atoms with van der Waals surface area (Å²) in [6.07, 6.45) is 0. The molecular formula is C9H11ClN2. The third-order valence-electron chi connectivity index (χ3n) is 1.40. The number of hydrogen-bond donors (Lipinski definition) is 2. The Morgan fingerprint density at radius 3 is 2.50 bits per heavy atom. The quantitative estimate of drug-likeness (QED) is 0.705. The highest BCUT2D eigenvalue weighted by molar-refractivity contribution is 6.29. The lowest BCUT2D eigenvalue weighted by molar-refractivity contribution is 1.32. The summed E-state index contributed by atoms with van der Waals surface area (Å²) in [5.74, 6) is 0. The molecule has 0 amide bonds. The zero-order valence-corrected chi connectivity index (χ0v) is 7.43. The van der Waals surface area contributed by atoms with Gasteiger partial charge in [-0.15, -0.1) is 0 Å². The lowest BCUT2D eigenvalue weighted by atomic mass is 10.3.